The standard InChI is InChI=1S/C18H10ClN5O4/c19-14-6-3-12(8-16(14)24(26)27)17-22-15(18(25)28-17)7-11-1-4-13(5-2-11)23-10-20-9-21-23/h1-10H/b15-7+. The third-order valence-corrected chi connectivity index (χ3v) is 4.21. The van der Waals surface area contributed by atoms with Crippen molar-refractivity contribution in [2.45, 2.75) is 0 Å². The Labute approximate surface area is 162 Å². The Balaban J connectivity index is 1.62. The molecule has 0 atom stereocenters. The zero-order valence-corrected chi connectivity index (χ0v) is 14.8. The van der Waals surface area contributed by atoms with E-state index >= 15 is 0 Å². The molecule has 0 unspecified atom stereocenters. The summed E-state index contributed by atoms with van der Waals surface area (Å²) in [7, 11) is 0. The minimum absolute atomic E-state index is 0.0121. The molecule has 9 nitrogen and oxygen atoms in total. The third-order valence-electron chi connectivity index (χ3n) is 3.89. The first kappa shape index (κ1) is 17.6. The van der Waals surface area contributed by atoms with Crippen LogP contribution in [0.15, 0.2) is 65.8 Å². The number of nitrogens with zero attached hydrogens (tertiary/aromatic N) is 5. The molecule has 1 aromatic heterocycles. The lowest BCUT2D eigenvalue weighted by atomic mass is 10.2. The molecule has 10 heteroatoms. The second-order valence-corrected chi connectivity index (χ2v) is 6.10. The highest BCUT2D eigenvalue weighted by molar-refractivity contribution is 6.32. The van der Waals surface area contributed by atoms with Gasteiger partial charge in [-0.25, -0.2) is 19.5 Å². The van der Waals surface area contributed by atoms with Gasteiger partial charge in [-0.05, 0) is 35.9 Å². The molecule has 0 aliphatic carbocycles. The normalized spacial score (nSPS) is 14.8. The van der Waals surface area contributed by atoms with Gasteiger partial charge in [0.25, 0.3) is 5.69 Å². The van der Waals surface area contributed by atoms with Crippen LogP contribution in [0.25, 0.3) is 11.8 Å². The molecule has 4 rings (SSSR count). The summed E-state index contributed by atoms with van der Waals surface area (Å²) in [6.07, 6.45) is 4.57. The number of aromatic nitrogens is 3. The molecule has 2 aromatic carbocycles. The van der Waals surface area contributed by atoms with Crippen LogP contribution in [0, 0.1) is 10.1 Å². The Morgan fingerprint density at radius 2 is 1.96 bits per heavy atom. The molecular weight excluding hydrogens is 386 g/mol. The van der Waals surface area contributed by atoms with Gasteiger partial charge in [-0.2, -0.15) is 5.10 Å². The molecule has 3 aromatic rings. The molecule has 0 spiro atoms. The summed E-state index contributed by atoms with van der Waals surface area (Å²) in [5, 5.41) is 15.0. The molecule has 0 saturated carbocycles. The van der Waals surface area contributed by atoms with Gasteiger partial charge in [-0.15, -0.1) is 0 Å². The highest BCUT2D eigenvalue weighted by Gasteiger charge is 2.26. The van der Waals surface area contributed by atoms with Gasteiger partial charge < -0.3 is 4.74 Å². The maximum atomic E-state index is 12.1. The van der Waals surface area contributed by atoms with Crippen LogP contribution >= 0.6 is 11.6 Å². The van der Waals surface area contributed by atoms with Crippen molar-refractivity contribution in [1.29, 1.82) is 0 Å². The maximum absolute atomic E-state index is 12.1. The van der Waals surface area contributed by atoms with Crippen molar-refractivity contribution >= 4 is 35.2 Å². The van der Waals surface area contributed by atoms with Crippen LogP contribution in [0.4, 0.5) is 5.69 Å². The van der Waals surface area contributed by atoms with E-state index in [0.717, 1.165) is 11.3 Å². The predicted molar refractivity (Wildman–Crippen MR) is 100 cm³/mol. The molecule has 1 aliphatic heterocycles. The number of esters is 1. The summed E-state index contributed by atoms with van der Waals surface area (Å²) in [4.78, 5) is 30.6. The van der Waals surface area contributed by atoms with Crippen LogP contribution in [-0.4, -0.2) is 31.6 Å². The van der Waals surface area contributed by atoms with Gasteiger partial charge in [-0.3, -0.25) is 10.1 Å². The zero-order chi connectivity index (χ0) is 19.7. The molecule has 0 N–H and O–H groups in total. The summed E-state index contributed by atoms with van der Waals surface area (Å²) in [6, 6.07) is 11.3. The van der Waals surface area contributed by atoms with Crippen LogP contribution in [0.2, 0.25) is 5.02 Å². The largest absolute Gasteiger partial charge is 0.402 e. The number of carbonyl (C=O) groups is 1. The molecule has 0 saturated heterocycles. The fourth-order valence-corrected chi connectivity index (χ4v) is 2.73. The number of benzene rings is 2. The number of halogens is 1. The molecule has 0 amide bonds. The Morgan fingerprint density at radius 3 is 2.64 bits per heavy atom. The lowest BCUT2D eigenvalue weighted by Crippen LogP contribution is -2.06. The lowest BCUT2D eigenvalue weighted by molar-refractivity contribution is -0.384. The van der Waals surface area contributed by atoms with Crippen LogP contribution in [0.3, 0.4) is 0 Å². The maximum Gasteiger partial charge on any atom is 0.363 e. The van der Waals surface area contributed by atoms with Gasteiger partial charge in [0, 0.05) is 11.6 Å². The first-order chi connectivity index (χ1) is 13.5. The van der Waals surface area contributed by atoms with Gasteiger partial charge in [0.1, 0.15) is 17.7 Å². The smallest absolute Gasteiger partial charge is 0.363 e. The number of rotatable bonds is 4. The molecule has 1 aliphatic rings. The fraction of sp³-hybridized carbons (Fsp3) is 0. The highest BCUT2D eigenvalue weighted by Crippen LogP contribution is 2.27. The summed E-state index contributed by atoms with van der Waals surface area (Å²) in [5.74, 6) is -0.664. The minimum atomic E-state index is -0.645. The van der Waals surface area contributed by atoms with Crippen LogP contribution in [0.1, 0.15) is 11.1 Å². The molecule has 28 heavy (non-hydrogen) atoms. The number of carbonyl (C=O) groups excluding carboxylic acids is 1. The molecule has 2 heterocycles. The van der Waals surface area contributed by atoms with E-state index in [1.54, 1.807) is 29.2 Å². The quantitative estimate of drug-likeness (QED) is 0.290. The predicted octanol–water partition coefficient (Wildman–Crippen LogP) is 3.17. The molecule has 0 fully saturated rings. The second kappa shape index (κ2) is 7.05. The van der Waals surface area contributed by atoms with Crippen molar-refractivity contribution in [3.8, 4) is 5.69 Å². The van der Waals surface area contributed by atoms with Crippen LogP contribution in [0.5, 0.6) is 0 Å². The average Bonchev–Trinajstić information content (AvgIpc) is 3.33. The second-order valence-electron chi connectivity index (χ2n) is 5.69. The fourth-order valence-electron chi connectivity index (χ4n) is 2.54. The SMILES string of the molecule is O=C1OC(c2ccc(Cl)c([N+](=O)[O-])c2)=N/C1=C/c1ccc(-n2cncn2)cc1. The third kappa shape index (κ3) is 3.38. The zero-order valence-electron chi connectivity index (χ0n) is 14.0. The van der Waals surface area contributed by atoms with E-state index in [4.69, 9.17) is 16.3 Å². The first-order valence-electron chi connectivity index (χ1n) is 7.93. The summed E-state index contributed by atoms with van der Waals surface area (Å²) in [6.45, 7) is 0. The van der Waals surface area contributed by atoms with Gasteiger partial charge >= 0.3 is 5.97 Å². The summed E-state index contributed by atoms with van der Waals surface area (Å²) >= 11 is 5.80. The number of ether oxygens (including phenoxy) is 1. The van der Waals surface area contributed by atoms with Gasteiger partial charge in [0.2, 0.25) is 5.90 Å². The van der Waals surface area contributed by atoms with Crippen molar-refractivity contribution in [1.82, 2.24) is 14.8 Å². The van der Waals surface area contributed by atoms with Crippen molar-refractivity contribution in [2.24, 2.45) is 4.99 Å². The Morgan fingerprint density at radius 1 is 1.18 bits per heavy atom. The topological polar surface area (TPSA) is 113 Å². The Kier molecular flexibility index (Phi) is 4.42. The summed E-state index contributed by atoms with van der Waals surface area (Å²) in [5.41, 5.74) is 1.61. The number of hydrogen-bond donors (Lipinski definition) is 0. The van der Waals surface area contributed by atoms with Crippen molar-refractivity contribution in [3.63, 3.8) is 0 Å². The van der Waals surface area contributed by atoms with E-state index in [9.17, 15) is 14.9 Å². The molecule has 0 radical (unpaired) electrons. The van der Waals surface area contributed by atoms with E-state index in [0.29, 0.717) is 0 Å². The molecule has 138 valence electrons. The van der Waals surface area contributed by atoms with E-state index in [2.05, 4.69) is 15.1 Å². The van der Waals surface area contributed by atoms with Gasteiger partial charge in [-0.1, -0.05) is 23.7 Å². The average molecular weight is 396 g/mol. The lowest BCUT2D eigenvalue weighted by Gasteiger charge is -2.00. The molecular formula is C18H10ClN5O4. The monoisotopic (exact) mass is 395 g/mol. The van der Waals surface area contributed by atoms with Crippen LogP contribution < -0.4 is 0 Å². The van der Waals surface area contributed by atoms with Crippen LogP contribution in [-0.2, 0) is 9.53 Å². The van der Waals surface area contributed by atoms with Crippen molar-refractivity contribution in [3.05, 3.63) is 87.1 Å². The number of nitro benzene ring substituents is 1. The summed E-state index contributed by atoms with van der Waals surface area (Å²) < 4.78 is 6.75. The highest BCUT2D eigenvalue weighted by atomic mass is 35.5. The number of hydrogen-bond acceptors (Lipinski definition) is 7. The van der Waals surface area contributed by atoms with E-state index in [1.165, 1.54) is 24.5 Å². The number of cyclic esters (lactones) is 1. The number of aliphatic imine (C=N–C) groups is 1. The van der Waals surface area contributed by atoms with Crippen molar-refractivity contribution in [2.75, 3.05) is 0 Å². The Hall–Kier alpha value is -3.85. The number of nitro groups is 1. The van der Waals surface area contributed by atoms with Crippen molar-refractivity contribution < 1.29 is 14.5 Å². The van der Waals surface area contributed by atoms with E-state index in [-0.39, 0.29) is 27.9 Å². The first-order valence-corrected chi connectivity index (χ1v) is 8.31. The van der Waals surface area contributed by atoms with Gasteiger partial charge in [0.15, 0.2) is 5.70 Å². The molecule has 0 bridgehead atoms. The van der Waals surface area contributed by atoms with E-state index in [1.807, 2.05) is 12.1 Å². The van der Waals surface area contributed by atoms with Gasteiger partial charge in [0.05, 0.1) is 10.6 Å². The minimum Gasteiger partial charge on any atom is -0.402 e. The van der Waals surface area contributed by atoms with E-state index < -0.39 is 10.9 Å². The Bertz CT molecular complexity index is 1140.